The molecule has 0 aromatic rings. The molecule has 0 bridgehead atoms. The van der Waals surface area contributed by atoms with Crippen molar-refractivity contribution in [1.29, 1.82) is 0 Å². The zero-order valence-electron chi connectivity index (χ0n) is 13.8. The molecule has 0 saturated heterocycles. The molecule has 3 saturated carbocycles. The summed E-state index contributed by atoms with van der Waals surface area (Å²) in [6.07, 6.45) is 16.2. The van der Waals surface area contributed by atoms with E-state index in [0.717, 1.165) is 23.7 Å². The Bertz CT molecular complexity index is 433. The molecule has 0 spiro atoms. The molecule has 3 fully saturated rings. The summed E-state index contributed by atoms with van der Waals surface area (Å²) in [5.41, 5.74) is 3.14. The van der Waals surface area contributed by atoms with Crippen LogP contribution in [0.25, 0.3) is 0 Å². The third kappa shape index (κ3) is 1.66. The van der Waals surface area contributed by atoms with E-state index in [1.807, 2.05) is 5.57 Å². The summed E-state index contributed by atoms with van der Waals surface area (Å²) in [5.74, 6) is 3.90. The van der Waals surface area contributed by atoms with Gasteiger partial charge in [-0.2, -0.15) is 0 Å². The molecule has 4 aliphatic rings. The molecule has 0 heterocycles. The molecule has 20 heavy (non-hydrogen) atoms. The second-order valence-electron chi connectivity index (χ2n) is 9.05. The standard InChI is InChI=1S/C20H32/c1-14-13-15-7-4-5-11-20(15,3)17-9-12-19(2)10-6-8-16(19)18(14)17/h13-14,16-18H,4-12H2,1-3H3/t14-,16-,17-,18-,19-,20-/m0/s1. The fourth-order valence-electron chi connectivity index (χ4n) is 7.04. The van der Waals surface area contributed by atoms with Crippen molar-refractivity contribution >= 4 is 0 Å². The summed E-state index contributed by atoms with van der Waals surface area (Å²) >= 11 is 0. The summed E-state index contributed by atoms with van der Waals surface area (Å²) in [6.45, 7) is 7.80. The van der Waals surface area contributed by atoms with Gasteiger partial charge in [0.1, 0.15) is 0 Å². The lowest BCUT2D eigenvalue weighted by atomic mass is 9.46. The minimum atomic E-state index is 0.583. The van der Waals surface area contributed by atoms with Gasteiger partial charge in [0.15, 0.2) is 0 Å². The van der Waals surface area contributed by atoms with Crippen LogP contribution in [0.1, 0.15) is 78.6 Å². The molecule has 0 radical (unpaired) electrons. The molecule has 0 nitrogen and oxygen atoms in total. The minimum absolute atomic E-state index is 0.583. The lowest BCUT2D eigenvalue weighted by molar-refractivity contribution is -0.0448. The van der Waals surface area contributed by atoms with Crippen LogP contribution in [-0.4, -0.2) is 0 Å². The first kappa shape index (κ1) is 13.4. The third-order valence-electron chi connectivity index (χ3n) is 8.13. The molecule has 0 N–H and O–H groups in total. The first-order valence-electron chi connectivity index (χ1n) is 9.26. The van der Waals surface area contributed by atoms with Crippen molar-refractivity contribution in [3.63, 3.8) is 0 Å². The highest BCUT2D eigenvalue weighted by molar-refractivity contribution is 5.25. The highest BCUT2D eigenvalue weighted by Gasteiger charge is 2.56. The Morgan fingerprint density at radius 2 is 1.80 bits per heavy atom. The van der Waals surface area contributed by atoms with Crippen LogP contribution in [0.2, 0.25) is 0 Å². The summed E-state index contributed by atoms with van der Waals surface area (Å²) in [5, 5.41) is 0. The maximum Gasteiger partial charge on any atom is -0.00851 e. The van der Waals surface area contributed by atoms with E-state index in [1.165, 1.54) is 57.8 Å². The fourth-order valence-corrected chi connectivity index (χ4v) is 7.04. The second-order valence-corrected chi connectivity index (χ2v) is 9.05. The quantitative estimate of drug-likeness (QED) is 0.476. The van der Waals surface area contributed by atoms with E-state index in [1.54, 1.807) is 0 Å². The molecule has 112 valence electrons. The van der Waals surface area contributed by atoms with Gasteiger partial charge in [-0.15, -0.1) is 0 Å². The van der Waals surface area contributed by atoms with Crippen LogP contribution in [0.15, 0.2) is 11.6 Å². The van der Waals surface area contributed by atoms with Gasteiger partial charge in [-0.3, -0.25) is 0 Å². The van der Waals surface area contributed by atoms with Gasteiger partial charge >= 0.3 is 0 Å². The normalized spacial score (nSPS) is 54.6. The topological polar surface area (TPSA) is 0 Å². The van der Waals surface area contributed by atoms with E-state index in [4.69, 9.17) is 0 Å². The van der Waals surface area contributed by atoms with Crippen LogP contribution < -0.4 is 0 Å². The van der Waals surface area contributed by atoms with Gasteiger partial charge in [0.25, 0.3) is 0 Å². The maximum atomic E-state index is 2.74. The summed E-state index contributed by atoms with van der Waals surface area (Å²) < 4.78 is 0. The average Bonchev–Trinajstić information content (AvgIpc) is 2.81. The number of hydrogen-bond acceptors (Lipinski definition) is 0. The molecule has 0 aromatic heterocycles. The molecule has 0 aromatic carbocycles. The first-order chi connectivity index (χ1) is 9.55. The lowest BCUT2D eigenvalue weighted by Gasteiger charge is -2.58. The van der Waals surface area contributed by atoms with Crippen molar-refractivity contribution in [2.45, 2.75) is 78.6 Å². The highest BCUT2D eigenvalue weighted by Crippen LogP contribution is 2.65. The van der Waals surface area contributed by atoms with E-state index < -0.39 is 0 Å². The van der Waals surface area contributed by atoms with Crippen LogP contribution in [0.3, 0.4) is 0 Å². The van der Waals surface area contributed by atoms with Crippen molar-refractivity contribution in [3.05, 3.63) is 11.6 Å². The Kier molecular flexibility index (Phi) is 2.93. The first-order valence-corrected chi connectivity index (χ1v) is 9.26. The predicted octanol–water partition coefficient (Wildman–Crippen LogP) is 5.98. The monoisotopic (exact) mass is 272 g/mol. The SMILES string of the molecule is C[C@H]1C=C2CCCC[C@]2(C)[C@H]2CC[C@]3(C)CCC[C@H]3[C@H]12. The van der Waals surface area contributed by atoms with E-state index in [-0.39, 0.29) is 0 Å². The Morgan fingerprint density at radius 1 is 0.950 bits per heavy atom. The molecule has 0 aliphatic heterocycles. The van der Waals surface area contributed by atoms with Crippen molar-refractivity contribution in [2.24, 2.45) is 34.5 Å². The molecular formula is C20H32. The van der Waals surface area contributed by atoms with Crippen molar-refractivity contribution in [3.8, 4) is 0 Å². The maximum absolute atomic E-state index is 2.74. The van der Waals surface area contributed by atoms with Crippen LogP contribution in [0.5, 0.6) is 0 Å². The van der Waals surface area contributed by atoms with Gasteiger partial charge in [0.2, 0.25) is 0 Å². The van der Waals surface area contributed by atoms with E-state index in [0.29, 0.717) is 10.8 Å². The Balaban J connectivity index is 1.75. The van der Waals surface area contributed by atoms with Crippen LogP contribution in [0.4, 0.5) is 0 Å². The fraction of sp³-hybridized carbons (Fsp3) is 0.900. The van der Waals surface area contributed by atoms with Gasteiger partial charge in [0.05, 0.1) is 0 Å². The summed E-state index contributed by atoms with van der Waals surface area (Å²) in [6, 6.07) is 0. The van der Waals surface area contributed by atoms with Crippen molar-refractivity contribution in [1.82, 2.24) is 0 Å². The van der Waals surface area contributed by atoms with Crippen molar-refractivity contribution in [2.75, 3.05) is 0 Å². The van der Waals surface area contributed by atoms with Crippen LogP contribution in [-0.2, 0) is 0 Å². The smallest absolute Gasteiger partial charge is 0.00851 e. The zero-order valence-corrected chi connectivity index (χ0v) is 13.8. The van der Waals surface area contributed by atoms with Crippen LogP contribution >= 0.6 is 0 Å². The second kappa shape index (κ2) is 4.37. The minimum Gasteiger partial charge on any atom is -0.0816 e. The Hall–Kier alpha value is -0.260. The molecule has 4 aliphatic carbocycles. The zero-order chi connectivity index (χ0) is 14.0. The van der Waals surface area contributed by atoms with Gasteiger partial charge < -0.3 is 0 Å². The number of rotatable bonds is 0. The number of fused-ring (bicyclic) bond motifs is 5. The van der Waals surface area contributed by atoms with Crippen molar-refractivity contribution < 1.29 is 0 Å². The molecule has 0 unspecified atom stereocenters. The highest BCUT2D eigenvalue weighted by atomic mass is 14.6. The van der Waals surface area contributed by atoms with Gasteiger partial charge in [-0.05, 0) is 79.4 Å². The number of allylic oxidation sites excluding steroid dienone is 2. The van der Waals surface area contributed by atoms with Gasteiger partial charge in [-0.25, -0.2) is 0 Å². The molecule has 0 amide bonds. The lowest BCUT2D eigenvalue weighted by Crippen LogP contribution is -2.50. The van der Waals surface area contributed by atoms with Gasteiger partial charge in [0, 0.05) is 0 Å². The summed E-state index contributed by atoms with van der Waals surface area (Å²) in [4.78, 5) is 0. The van der Waals surface area contributed by atoms with E-state index >= 15 is 0 Å². The summed E-state index contributed by atoms with van der Waals surface area (Å²) in [7, 11) is 0. The molecular weight excluding hydrogens is 240 g/mol. The Labute approximate surface area is 125 Å². The van der Waals surface area contributed by atoms with E-state index in [2.05, 4.69) is 26.8 Å². The molecule has 4 rings (SSSR count). The molecule has 6 atom stereocenters. The van der Waals surface area contributed by atoms with Crippen LogP contribution in [0, 0.1) is 34.5 Å². The molecule has 0 heteroatoms. The van der Waals surface area contributed by atoms with Gasteiger partial charge in [-0.1, -0.05) is 45.3 Å². The largest absolute Gasteiger partial charge is 0.0816 e. The average molecular weight is 272 g/mol. The third-order valence-corrected chi connectivity index (χ3v) is 8.13. The van der Waals surface area contributed by atoms with E-state index in [9.17, 15) is 0 Å². The Morgan fingerprint density at radius 3 is 2.65 bits per heavy atom. The predicted molar refractivity (Wildman–Crippen MR) is 85.5 cm³/mol. The number of hydrogen-bond donors (Lipinski definition) is 0.